The van der Waals surface area contributed by atoms with Crippen LogP contribution in [0.5, 0.6) is 0 Å². The average molecular weight is 466 g/mol. The van der Waals surface area contributed by atoms with Gasteiger partial charge < -0.3 is 20.2 Å². The Kier molecular flexibility index (Phi) is 5.89. The minimum atomic E-state index is -0.549. The monoisotopic (exact) mass is 465 g/mol. The zero-order valence-electron chi connectivity index (χ0n) is 19.8. The van der Waals surface area contributed by atoms with E-state index in [2.05, 4.69) is 21.6 Å². The molecule has 2 atom stereocenters. The number of aliphatic hydroxyl groups excluding tert-OH is 1. The summed E-state index contributed by atoms with van der Waals surface area (Å²) in [5, 5.41) is 21.7. The molecule has 9 nitrogen and oxygen atoms in total. The Hall–Kier alpha value is -2.68. The van der Waals surface area contributed by atoms with Gasteiger partial charge in [0.15, 0.2) is 5.82 Å². The fraction of sp³-hybridized carbons (Fsp3) is 0.680. The number of β-amino-alcohol motifs (C(OH)–C–C–N with tert-alkyl or cyclic N) is 1. The van der Waals surface area contributed by atoms with E-state index in [-0.39, 0.29) is 5.91 Å². The van der Waals surface area contributed by atoms with Crippen LogP contribution < -0.4 is 10.2 Å². The smallest absolute Gasteiger partial charge is 0.245 e. The largest absolute Gasteiger partial charge is 0.391 e. The van der Waals surface area contributed by atoms with Crippen LogP contribution in [0.1, 0.15) is 80.7 Å². The normalized spacial score (nSPS) is 25.2. The van der Waals surface area contributed by atoms with Gasteiger partial charge in [-0.3, -0.25) is 9.89 Å². The molecule has 1 saturated carbocycles. The van der Waals surface area contributed by atoms with E-state index in [1.54, 1.807) is 0 Å². The molecule has 0 unspecified atom stereocenters. The first-order valence-electron chi connectivity index (χ1n) is 13.1. The number of nitrogens with one attached hydrogen (secondary N) is 2. The minimum absolute atomic E-state index is 0.100. The van der Waals surface area contributed by atoms with E-state index in [0.717, 1.165) is 68.1 Å². The SMILES string of the molecule is O=C([C@@H]1C[C@@H](O)CN1c1nc2c(c(Nc3cc(C4CCCC4)[nH]n3)n1)CCC2)N1CCCCC1. The second-order valence-corrected chi connectivity index (χ2v) is 10.4. The summed E-state index contributed by atoms with van der Waals surface area (Å²) in [5.74, 6) is 2.78. The Labute approximate surface area is 200 Å². The van der Waals surface area contributed by atoms with E-state index in [1.807, 2.05) is 9.80 Å². The standard InChI is InChI=1S/C25H35N7O2/c33-17-13-21(24(34)31-11-4-1-5-12-31)32(15-17)25-26-19-10-6-9-18(19)23(28-25)27-22-14-20(29-30-22)16-7-2-3-8-16/h14,16-17,21,33H,1-13,15H2,(H2,26,27,28,29,30)/t17-,21+/m1/s1. The summed E-state index contributed by atoms with van der Waals surface area (Å²) in [4.78, 5) is 27.0. The van der Waals surface area contributed by atoms with Gasteiger partial charge in [0, 0.05) is 49.3 Å². The fourth-order valence-electron chi connectivity index (χ4n) is 6.21. The summed E-state index contributed by atoms with van der Waals surface area (Å²) >= 11 is 0. The maximum atomic E-state index is 13.4. The summed E-state index contributed by atoms with van der Waals surface area (Å²) in [7, 11) is 0. The summed E-state index contributed by atoms with van der Waals surface area (Å²) in [6.45, 7) is 2.00. The van der Waals surface area contributed by atoms with E-state index in [9.17, 15) is 9.90 Å². The number of aliphatic hydroxyl groups is 1. The van der Waals surface area contributed by atoms with Crippen molar-refractivity contribution >= 4 is 23.5 Å². The van der Waals surface area contributed by atoms with Crippen LogP contribution in [0, 0.1) is 0 Å². The van der Waals surface area contributed by atoms with Crippen LogP contribution in [0.15, 0.2) is 6.07 Å². The molecule has 182 valence electrons. The number of hydrogen-bond acceptors (Lipinski definition) is 7. The predicted molar refractivity (Wildman–Crippen MR) is 129 cm³/mol. The van der Waals surface area contributed by atoms with E-state index in [1.165, 1.54) is 37.8 Å². The van der Waals surface area contributed by atoms with Gasteiger partial charge in [-0.25, -0.2) is 4.98 Å². The number of likely N-dealkylation sites (tertiary alicyclic amines) is 1. The number of aryl methyl sites for hydroxylation is 1. The third kappa shape index (κ3) is 4.15. The van der Waals surface area contributed by atoms with Gasteiger partial charge in [-0.2, -0.15) is 10.1 Å². The predicted octanol–water partition coefficient (Wildman–Crippen LogP) is 3.04. The van der Waals surface area contributed by atoms with E-state index >= 15 is 0 Å². The van der Waals surface area contributed by atoms with Gasteiger partial charge in [-0.05, 0) is 51.4 Å². The molecule has 9 heteroatoms. The average Bonchev–Trinajstić information content (AvgIpc) is 3.65. The van der Waals surface area contributed by atoms with Gasteiger partial charge in [0.2, 0.25) is 11.9 Å². The third-order valence-electron chi connectivity index (χ3n) is 8.05. The van der Waals surface area contributed by atoms with Crippen LogP contribution in [0.3, 0.4) is 0 Å². The molecular formula is C25H35N7O2. The lowest BCUT2D eigenvalue weighted by molar-refractivity contribution is -0.133. The van der Waals surface area contributed by atoms with Crippen LogP contribution in [-0.2, 0) is 17.6 Å². The molecule has 4 aliphatic rings. The number of hydrogen-bond donors (Lipinski definition) is 3. The van der Waals surface area contributed by atoms with Crippen molar-refractivity contribution in [3.05, 3.63) is 23.0 Å². The molecular weight excluding hydrogens is 430 g/mol. The molecule has 1 amide bonds. The molecule has 0 bridgehead atoms. The lowest BCUT2D eigenvalue weighted by Crippen LogP contribution is -2.48. The number of nitrogens with zero attached hydrogens (tertiary/aromatic N) is 5. The first-order chi connectivity index (χ1) is 16.7. The number of amides is 1. The number of H-pyrrole nitrogens is 1. The molecule has 2 aliphatic heterocycles. The molecule has 0 spiro atoms. The van der Waals surface area contributed by atoms with Crippen molar-refractivity contribution in [2.75, 3.05) is 29.9 Å². The highest BCUT2D eigenvalue weighted by molar-refractivity contribution is 5.85. The number of piperidine rings is 1. The zero-order valence-corrected chi connectivity index (χ0v) is 19.8. The minimum Gasteiger partial charge on any atom is -0.391 e. The highest BCUT2D eigenvalue weighted by atomic mass is 16.3. The van der Waals surface area contributed by atoms with Gasteiger partial charge in [-0.15, -0.1) is 0 Å². The maximum Gasteiger partial charge on any atom is 0.245 e. The van der Waals surface area contributed by atoms with E-state index in [4.69, 9.17) is 9.97 Å². The van der Waals surface area contributed by atoms with Crippen molar-refractivity contribution in [2.24, 2.45) is 0 Å². The summed E-state index contributed by atoms with van der Waals surface area (Å²) in [6.07, 6.45) is 11.1. The quantitative estimate of drug-likeness (QED) is 0.622. The van der Waals surface area contributed by atoms with Crippen molar-refractivity contribution in [3.8, 4) is 0 Å². The summed E-state index contributed by atoms with van der Waals surface area (Å²) in [5.41, 5.74) is 3.39. The van der Waals surface area contributed by atoms with Crippen molar-refractivity contribution in [1.29, 1.82) is 0 Å². The van der Waals surface area contributed by atoms with Crippen LogP contribution in [0.4, 0.5) is 17.6 Å². The Bertz CT molecular complexity index is 1040. The van der Waals surface area contributed by atoms with Crippen molar-refractivity contribution in [3.63, 3.8) is 0 Å². The molecule has 3 fully saturated rings. The number of carbonyl (C=O) groups is 1. The Morgan fingerprint density at radius 2 is 1.88 bits per heavy atom. The van der Waals surface area contributed by atoms with Gasteiger partial charge in [-0.1, -0.05) is 12.8 Å². The zero-order chi connectivity index (χ0) is 23.1. The Morgan fingerprint density at radius 3 is 2.71 bits per heavy atom. The van der Waals surface area contributed by atoms with Crippen molar-refractivity contribution < 1.29 is 9.90 Å². The molecule has 2 aromatic rings. The van der Waals surface area contributed by atoms with E-state index < -0.39 is 12.1 Å². The first kappa shape index (κ1) is 21.8. The van der Waals surface area contributed by atoms with Crippen molar-refractivity contribution in [1.82, 2.24) is 25.1 Å². The van der Waals surface area contributed by atoms with Gasteiger partial charge in [0.25, 0.3) is 0 Å². The molecule has 0 radical (unpaired) electrons. The number of aromatic amines is 1. The highest BCUT2D eigenvalue weighted by Gasteiger charge is 2.40. The molecule has 4 heterocycles. The van der Waals surface area contributed by atoms with Crippen LogP contribution in [0.2, 0.25) is 0 Å². The molecule has 34 heavy (non-hydrogen) atoms. The van der Waals surface area contributed by atoms with Gasteiger partial charge in [0.1, 0.15) is 11.9 Å². The van der Waals surface area contributed by atoms with E-state index in [0.29, 0.717) is 24.8 Å². The Morgan fingerprint density at radius 1 is 1.06 bits per heavy atom. The number of aromatic nitrogens is 4. The molecule has 6 rings (SSSR count). The van der Waals surface area contributed by atoms with Gasteiger partial charge >= 0.3 is 0 Å². The van der Waals surface area contributed by atoms with Crippen LogP contribution >= 0.6 is 0 Å². The van der Waals surface area contributed by atoms with Crippen LogP contribution in [-0.4, -0.2) is 67.9 Å². The van der Waals surface area contributed by atoms with Crippen molar-refractivity contribution in [2.45, 2.75) is 88.7 Å². The fourth-order valence-corrected chi connectivity index (χ4v) is 6.21. The third-order valence-corrected chi connectivity index (χ3v) is 8.05. The maximum absolute atomic E-state index is 13.4. The first-order valence-corrected chi connectivity index (χ1v) is 13.1. The number of rotatable bonds is 5. The summed E-state index contributed by atoms with van der Waals surface area (Å²) in [6, 6.07) is 1.71. The Balaban J connectivity index is 1.27. The number of carbonyl (C=O) groups excluding carboxylic acids is 1. The molecule has 2 aliphatic carbocycles. The van der Waals surface area contributed by atoms with Gasteiger partial charge in [0.05, 0.1) is 11.8 Å². The second kappa shape index (κ2) is 9.17. The lowest BCUT2D eigenvalue weighted by atomic mass is 10.0. The second-order valence-electron chi connectivity index (χ2n) is 10.4. The molecule has 3 N–H and O–H groups in total. The highest BCUT2D eigenvalue weighted by Crippen LogP contribution is 2.36. The molecule has 2 aromatic heterocycles. The molecule has 0 aromatic carbocycles. The number of anilines is 3. The topological polar surface area (TPSA) is 110 Å². The summed E-state index contributed by atoms with van der Waals surface area (Å²) < 4.78 is 0. The molecule has 2 saturated heterocycles. The van der Waals surface area contributed by atoms with Crippen LogP contribution in [0.25, 0.3) is 0 Å². The number of fused-ring (bicyclic) bond motifs is 1. The lowest BCUT2D eigenvalue weighted by Gasteiger charge is -2.32.